The lowest BCUT2D eigenvalue weighted by molar-refractivity contribution is -0.140. The molecule has 4 aromatic rings. The minimum absolute atomic E-state index is 0.0974. The number of carbonyl (C=O) groups excluding carboxylic acids is 2. The van der Waals surface area contributed by atoms with Gasteiger partial charge in [0.15, 0.2) is 0 Å². The minimum Gasteiger partial charge on any atom is -0.492 e. The van der Waals surface area contributed by atoms with Gasteiger partial charge < -0.3 is 15.0 Å². The fourth-order valence-corrected chi connectivity index (χ4v) is 6.61. The molecule has 0 aromatic heterocycles. The van der Waals surface area contributed by atoms with Crippen molar-refractivity contribution in [1.82, 2.24) is 10.2 Å². The number of hydrogen-bond donors (Lipinski definition) is 1. The number of hydrogen-bond acceptors (Lipinski definition) is 5. The van der Waals surface area contributed by atoms with E-state index in [9.17, 15) is 18.0 Å². The van der Waals surface area contributed by atoms with Gasteiger partial charge in [0, 0.05) is 30.1 Å². The average Bonchev–Trinajstić information content (AvgIpc) is 3.07. The molecule has 0 bridgehead atoms. The highest BCUT2D eigenvalue weighted by Crippen LogP contribution is 2.33. The molecule has 0 aliphatic heterocycles. The Hall–Kier alpha value is -4.41. The molecule has 0 spiro atoms. The van der Waals surface area contributed by atoms with Gasteiger partial charge in [-0.15, -0.1) is 0 Å². The third kappa shape index (κ3) is 9.33. The summed E-state index contributed by atoms with van der Waals surface area (Å²) in [6.45, 7) is 3.43. The van der Waals surface area contributed by atoms with Crippen molar-refractivity contribution in [3.05, 3.63) is 125 Å². The number of carbonyl (C=O) groups is 2. The maximum absolute atomic E-state index is 15.1. The van der Waals surface area contributed by atoms with E-state index >= 15 is 4.39 Å². The van der Waals surface area contributed by atoms with E-state index in [-0.39, 0.29) is 41.5 Å². The molecule has 0 saturated heterocycles. The molecular weight excluding hydrogens is 641 g/mol. The summed E-state index contributed by atoms with van der Waals surface area (Å²) in [5.41, 5.74) is 1.10. The number of amides is 2. The molecule has 0 saturated carbocycles. The van der Waals surface area contributed by atoms with Crippen LogP contribution in [0.4, 0.5) is 10.1 Å². The Bertz CT molecular complexity index is 1740. The van der Waals surface area contributed by atoms with Crippen LogP contribution < -0.4 is 14.4 Å². The van der Waals surface area contributed by atoms with E-state index in [0.717, 1.165) is 22.7 Å². The number of rotatable bonds is 16. The Morgan fingerprint density at radius 3 is 2.23 bits per heavy atom. The number of nitrogens with one attached hydrogen (secondary N) is 1. The second kappa shape index (κ2) is 16.9. The number of halogens is 2. The lowest BCUT2D eigenvalue weighted by Gasteiger charge is -2.34. The third-order valence-electron chi connectivity index (χ3n) is 7.51. The first-order valence-corrected chi connectivity index (χ1v) is 17.3. The van der Waals surface area contributed by atoms with Gasteiger partial charge in [0.2, 0.25) is 11.8 Å². The number of para-hydroxylation sites is 2. The molecule has 11 heteroatoms. The fourth-order valence-electron chi connectivity index (χ4n) is 5.06. The Morgan fingerprint density at radius 2 is 1.55 bits per heavy atom. The van der Waals surface area contributed by atoms with Crippen molar-refractivity contribution in [3.63, 3.8) is 0 Å². The van der Waals surface area contributed by atoms with Crippen molar-refractivity contribution in [1.29, 1.82) is 0 Å². The Kier molecular flexibility index (Phi) is 12.8. The molecule has 0 aliphatic rings. The molecule has 0 aliphatic carbocycles. The van der Waals surface area contributed by atoms with E-state index < -0.39 is 40.2 Å². The first-order valence-electron chi connectivity index (χ1n) is 15.5. The lowest BCUT2D eigenvalue weighted by atomic mass is 10.0. The Labute approximate surface area is 281 Å². The van der Waals surface area contributed by atoms with Crippen LogP contribution in [0.2, 0.25) is 5.02 Å². The lowest BCUT2D eigenvalue weighted by Crippen LogP contribution is -2.53. The van der Waals surface area contributed by atoms with Crippen molar-refractivity contribution >= 4 is 39.1 Å². The number of benzene rings is 4. The molecule has 4 aromatic carbocycles. The molecule has 1 N–H and O–H groups in total. The Morgan fingerprint density at radius 1 is 0.894 bits per heavy atom. The van der Waals surface area contributed by atoms with Crippen LogP contribution in [0.5, 0.6) is 5.75 Å². The second-order valence-electron chi connectivity index (χ2n) is 10.8. The maximum atomic E-state index is 15.1. The van der Waals surface area contributed by atoms with Crippen molar-refractivity contribution < 1.29 is 27.1 Å². The van der Waals surface area contributed by atoms with Gasteiger partial charge in [-0.05, 0) is 61.4 Å². The van der Waals surface area contributed by atoms with Gasteiger partial charge in [0.1, 0.15) is 24.2 Å². The fraction of sp³-hybridized carbons (Fsp3) is 0.278. The van der Waals surface area contributed by atoms with E-state index in [2.05, 4.69) is 5.32 Å². The molecule has 8 nitrogen and oxygen atoms in total. The molecule has 0 unspecified atom stereocenters. The molecule has 248 valence electrons. The van der Waals surface area contributed by atoms with Gasteiger partial charge in [-0.1, -0.05) is 85.6 Å². The summed E-state index contributed by atoms with van der Waals surface area (Å²) >= 11 is 6.06. The van der Waals surface area contributed by atoms with Crippen molar-refractivity contribution in [2.75, 3.05) is 24.0 Å². The largest absolute Gasteiger partial charge is 0.492 e. The molecule has 0 heterocycles. The van der Waals surface area contributed by atoms with Crippen molar-refractivity contribution in [2.45, 2.75) is 50.6 Å². The predicted molar refractivity (Wildman–Crippen MR) is 182 cm³/mol. The van der Waals surface area contributed by atoms with Gasteiger partial charge in [-0.2, -0.15) is 0 Å². The van der Waals surface area contributed by atoms with E-state index in [1.165, 1.54) is 47.4 Å². The maximum Gasteiger partial charge on any atom is 0.264 e. The first kappa shape index (κ1) is 35.4. The average molecular weight is 680 g/mol. The minimum atomic E-state index is -4.37. The van der Waals surface area contributed by atoms with Crippen molar-refractivity contribution in [2.24, 2.45) is 0 Å². The second-order valence-corrected chi connectivity index (χ2v) is 13.1. The van der Waals surface area contributed by atoms with Crippen LogP contribution in [0.15, 0.2) is 108 Å². The van der Waals surface area contributed by atoms with E-state index in [0.29, 0.717) is 11.6 Å². The molecule has 4 rings (SSSR count). The SMILES string of the molecule is CCCCNC(=O)[C@H](Cc1ccccc1)N(Cc1ccccc1F)C(=O)CN(c1ccccc1OCC)S(=O)(=O)c1ccc(Cl)cc1. The zero-order chi connectivity index (χ0) is 33.8. The van der Waals surface area contributed by atoms with Crippen LogP contribution >= 0.6 is 11.6 Å². The zero-order valence-corrected chi connectivity index (χ0v) is 28.0. The van der Waals surface area contributed by atoms with Crippen molar-refractivity contribution in [3.8, 4) is 5.75 Å². The van der Waals surface area contributed by atoms with E-state index in [4.69, 9.17) is 16.3 Å². The topological polar surface area (TPSA) is 96.0 Å². The number of anilines is 1. The summed E-state index contributed by atoms with van der Waals surface area (Å²) < 4.78 is 50.3. The van der Waals surface area contributed by atoms with Crippen LogP contribution in [-0.4, -0.2) is 50.9 Å². The molecule has 0 fully saturated rings. The summed E-state index contributed by atoms with van der Waals surface area (Å²) in [5, 5.41) is 3.26. The normalized spacial score (nSPS) is 11.8. The van der Waals surface area contributed by atoms with E-state index in [1.54, 1.807) is 37.3 Å². The molecule has 47 heavy (non-hydrogen) atoms. The Balaban J connectivity index is 1.83. The monoisotopic (exact) mass is 679 g/mol. The summed E-state index contributed by atoms with van der Waals surface area (Å²) in [4.78, 5) is 29.6. The smallest absolute Gasteiger partial charge is 0.264 e. The number of nitrogens with zero attached hydrogens (tertiary/aromatic N) is 2. The first-order chi connectivity index (χ1) is 22.6. The highest BCUT2D eigenvalue weighted by atomic mass is 35.5. The highest BCUT2D eigenvalue weighted by Gasteiger charge is 2.35. The standard InChI is InChI=1S/C36H39ClFN3O5S/c1-3-5-23-39-36(43)33(24-27-13-7-6-8-14-27)40(25-28-15-9-10-16-31(28)38)35(42)26-41(32-17-11-12-18-34(32)46-4-2)47(44,45)30-21-19-29(37)20-22-30/h6-22,33H,3-5,23-26H2,1-2H3,(H,39,43)/t33-/m0/s1. The predicted octanol–water partition coefficient (Wildman–Crippen LogP) is 6.63. The number of sulfonamides is 1. The summed E-state index contributed by atoms with van der Waals surface area (Å²) in [7, 11) is -4.37. The molecule has 1 atom stereocenters. The van der Waals surface area contributed by atoms with Crippen LogP contribution in [-0.2, 0) is 32.6 Å². The quantitative estimate of drug-likeness (QED) is 0.134. The third-order valence-corrected chi connectivity index (χ3v) is 9.54. The molecule has 2 amide bonds. The summed E-state index contributed by atoms with van der Waals surface area (Å²) in [6, 6.07) is 26.2. The van der Waals surface area contributed by atoms with Gasteiger partial charge in [0.25, 0.3) is 10.0 Å². The van der Waals surface area contributed by atoms with Gasteiger partial charge in [-0.25, -0.2) is 12.8 Å². The molecular formula is C36H39ClFN3O5S. The van der Waals surface area contributed by atoms with Gasteiger partial charge in [-0.3, -0.25) is 13.9 Å². The van der Waals surface area contributed by atoms with Crippen LogP contribution in [0.1, 0.15) is 37.8 Å². The van der Waals surface area contributed by atoms with Crippen LogP contribution in [0.25, 0.3) is 0 Å². The number of unbranched alkanes of at least 4 members (excludes halogenated alkanes) is 1. The summed E-state index contributed by atoms with van der Waals surface area (Å²) in [5.74, 6) is -1.43. The van der Waals surface area contributed by atoms with Crippen LogP contribution in [0, 0.1) is 5.82 Å². The summed E-state index contributed by atoms with van der Waals surface area (Å²) in [6.07, 6.45) is 1.70. The zero-order valence-electron chi connectivity index (χ0n) is 26.4. The molecule has 0 radical (unpaired) electrons. The van der Waals surface area contributed by atoms with Gasteiger partial charge in [0.05, 0.1) is 17.2 Å². The van der Waals surface area contributed by atoms with E-state index in [1.807, 2.05) is 37.3 Å². The number of ether oxygens (including phenoxy) is 1. The highest BCUT2D eigenvalue weighted by molar-refractivity contribution is 7.92. The van der Waals surface area contributed by atoms with Crippen LogP contribution in [0.3, 0.4) is 0 Å². The van der Waals surface area contributed by atoms with Gasteiger partial charge >= 0.3 is 0 Å².